The Bertz CT molecular complexity index is 149. The van der Waals surface area contributed by atoms with Gasteiger partial charge in [-0.2, -0.15) is 0 Å². The molecule has 0 heteroatoms. The minimum atomic E-state index is 0.767. The van der Waals surface area contributed by atoms with E-state index in [-0.39, 0.29) is 0 Å². The van der Waals surface area contributed by atoms with E-state index in [1.807, 2.05) is 32.1 Å². The number of hydrogen-bond donors (Lipinski definition) is 0. The summed E-state index contributed by atoms with van der Waals surface area (Å²) in [4.78, 5) is 0. The van der Waals surface area contributed by atoms with E-state index in [2.05, 4.69) is 27.0 Å². The van der Waals surface area contributed by atoms with Crippen molar-refractivity contribution in [3.63, 3.8) is 0 Å². The Morgan fingerprint density at radius 3 is 2.08 bits per heavy atom. The van der Waals surface area contributed by atoms with Crippen molar-refractivity contribution in [2.24, 2.45) is 5.92 Å². The molecule has 0 aliphatic carbocycles. The molecule has 0 saturated heterocycles. The van der Waals surface area contributed by atoms with E-state index >= 15 is 0 Å². The zero-order chi connectivity index (χ0) is 10.7. The van der Waals surface area contributed by atoms with E-state index in [4.69, 9.17) is 0 Å². The summed E-state index contributed by atoms with van der Waals surface area (Å²) in [7, 11) is 0. The minimum Gasteiger partial charge on any atom is -0.0991 e. The predicted molar refractivity (Wildman–Crippen MR) is 63.9 cm³/mol. The molecule has 0 N–H and O–H groups in total. The molecular weight excluding hydrogens is 156 g/mol. The van der Waals surface area contributed by atoms with Crippen LogP contribution in [-0.4, -0.2) is 0 Å². The lowest BCUT2D eigenvalue weighted by Crippen LogP contribution is -1.87. The first-order valence-corrected chi connectivity index (χ1v) is 5.14. The maximum absolute atomic E-state index is 3.74. The first kappa shape index (κ1) is 14.7. The molecule has 0 unspecified atom stereocenters. The van der Waals surface area contributed by atoms with E-state index in [1.54, 1.807) is 0 Å². The van der Waals surface area contributed by atoms with Gasteiger partial charge in [0.25, 0.3) is 0 Å². The van der Waals surface area contributed by atoms with Crippen molar-refractivity contribution in [3.05, 3.63) is 37.0 Å². The first-order valence-electron chi connectivity index (χ1n) is 5.14. The SMILES string of the molecule is C=C/C=C(\C=C)CCC(C)C.CC. The van der Waals surface area contributed by atoms with Gasteiger partial charge < -0.3 is 0 Å². The molecule has 76 valence electrons. The monoisotopic (exact) mass is 180 g/mol. The lowest BCUT2D eigenvalue weighted by Gasteiger charge is -2.03. The Balaban J connectivity index is 0. The van der Waals surface area contributed by atoms with Crippen molar-refractivity contribution < 1.29 is 0 Å². The summed E-state index contributed by atoms with van der Waals surface area (Å²) in [5.41, 5.74) is 1.29. The van der Waals surface area contributed by atoms with Gasteiger partial charge >= 0.3 is 0 Å². The van der Waals surface area contributed by atoms with Gasteiger partial charge in [-0.15, -0.1) is 0 Å². The summed E-state index contributed by atoms with van der Waals surface area (Å²) in [5.74, 6) is 0.767. The van der Waals surface area contributed by atoms with Crippen LogP contribution in [0.4, 0.5) is 0 Å². The van der Waals surface area contributed by atoms with Crippen molar-refractivity contribution >= 4 is 0 Å². The fourth-order valence-electron chi connectivity index (χ4n) is 0.860. The highest BCUT2D eigenvalue weighted by molar-refractivity contribution is 5.20. The smallest absolute Gasteiger partial charge is 0.0277 e. The third-order valence-electron chi connectivity index (χ3n) is 1.60. The van der Waals surface area contributed by atoms with E-state index in [0.717, 1.165) is 12.3 Å². The lowest BCUT2D eigenvalue weighted by molar-refractivity contribution is 0.588. The number of hydrogen-bond acceptors (Lipinski definition) is 0. The van der Waals surface area contributed by atoms with Crippen molar-refractivity contribution in [3.8, 4) is 0 Å². The molecule has 0 aliphatic heterocycles. The van der Waals surface area contributed by atoms with Gasteiger partial charge in [0, 0.05) is 0 Å². The van der Waals surface area contributed by atoms with Crippen molar-refractivity contribution in [1.29, 1.82) is 0 Å². The molecule has 0 aromatic heterocycles. The molecule has 0 nitrogen and oxygen atoms in total. The Kier molecular flexibility index (Phi) is 12.7. The van der Waals surface area contributed by atoms with Crippen molar-refractivity contribution in [2.45, 2.75) is 40.5 Å². The van der Waals surface area contributed by atoms with Gasteiger partial charge in [0.05, 0.1) is 0 Å². The highest BCUT2D eigenvalue weighted by atomic mass is 14.0. The van der Waals surface area contributed by atoms with Gasteiger partial charge in [0.1, 0.15) is 0 Å². The Labute approximate surface area is 84.1 Å². The molecule has 0 aliphatic rings. The van der Waals surface area contributed by atoms with E-state index in [9.17, 15) is 0 Å². The zero-order valence-corrected chi connectivity index (χ0v) is 9.64. The van der Waals surface area contributed by atoms with Crippen LogP contribution in [0.25, 0.3) is 0 Å². The average molecular weight is 180 g/mol. The largest absolute Gasteiger partial charge is 0.0991 e. The molecule has 0 rings (SSSR count). The number of allylic oxidation sites excluding steroid dienone is 4. The van der Waals surface area contributed by atoms with E-state index < -0.39 is 0 Å². The molecule has 0 aromatic carbocycles. The molecule has 0 amide bonds. The van der Waals surface area contributed by atoms with Crippen LogP contribution in [0.3, 0.4) is 0 Å². The van der Waals surface area contributed by atoms with Crippen LogP contribution in [0.2, 0.25) is 0 Å². The van der Waals surface area contributed by atoms with Gasteiger partial charge in [-0.3, -0.25) is 0 Å². The summed E-state index contributed by atoms with van der Waals surface area (Å²) in [6, 6.07) is 0. The Hall–Kier alpha value is -0.780. The molecule has 0 atom stereocenters. The Morgan fingerprint density at radius 1 is 1.23 bits per heavy atom. The molecule has 13 heavy (non-hydrogen) atoms. The van der Waals surface area contributed by atoms with Crippen LogP contribution in [0.1, 0.15) is 40.5 Å². The highest BCUT2D eigenvalue weighted by Crippen LogP contribution is 2.11. The van der Waals surface area contributed by atoms with Crippen LogP contribution in [-0.2, 0) is 0 Å². The maximum Gasteiger partial charge on any atom is -0.0277 e. The quantitative estimate of drug-likeness (QED) is 0.536. The van der Waals surface area contributed by atoms with Gasteiger partial charge in [-0.1, -0.05) is 59.1 Å². The van der Waals surface area contributed by atoms with Gasteiger partial charge in [0.15, 0.2) is 0 Å². The predicted octanol–water partition coefficient (Wildman–Crippen LogP) is 4.75. The summed E-state index contributed by atoms with van der Waals surface area (Å²) >= 11 is 0. The second-order valence-electron chi connectivity index (χ2n) is 3.11. The van der Waals surface area contributed by atoms with Gasteiger partial charge in [-0.05, 0) is 24.3 Å². The standard InChI is InChI=1S/C11H18.C2H6/c1-5-7-11(6-2)9-8-10(3)4;1-2/h5-7,10H,1-2,8-9H2,3-4H3;1-2H3/b11-7+;. The van der Waals surface area contributed by atoms with Crippen LogP contribution < -0.4 is 0 Å². The normalized spacial score (nSPS) is 10.4. The van der Waals surface area contributed by atoms with Crippen LogP contribution in [0.5, 0.6) is 0 Å². The summed E-state index contributed by atoms with van der Waals surface area (Å²) in [6.07, 6.45) is 8.09. The summed E-state index contributed by atoms with van der Waals surface area (Å²) in [6.45, 7) is 15.9. The number of rotatable bonds is 5. The highest BCUT2D eigenvalue weighted by Gasteiger charge is 1.94. The molecular formula is C13H24. The third-order valence-corrected chi connectivity index (χ3v) is 1.60. The maximum atomic E-state index is 3.74. The van der Waals surface area contributed by atoms with Crippen LogP contribution in [0.15, 0.2) is 37.0 Å². The van der Waals surface area contributed by atoms with E-state index in [0.29, 0.717) is 0 Å². The second kappa shape index (κ2) is 11.2. The third kappa shape index (κ3) is 11.2. The van der Waals surface area contributed by atoms with Gasteiger partial charge in [0.2, 0.25) is 0 Å². The van der Waals surface area contributed by atoms with Crippen LogP contribution in [0, 0.1) is 5.92 Å². The minimum absolute atomic E-state index is 0.767. The average Bonchev–Trinajstić information content (AvgIpc) is 2.15. The lowest BCUT2D eigenvalue weighted by atomic mass is 10.0. The second-order valence-corrected chi connectivity index (χ2v) is 3.11. The molecule has 0 radical (unpaired) electrons. The van der Waals surface area contributed by atoms with E-state index in [1.165, 1.54) is 12.0 Å². The van der Waals surface area contributed by atoms with Gasteiger partial charge in [-0.25, -0.2) is 0 Å². The molecule has 0 fully saturated rings. The zero-order valence-electron chi connectivity index (χ0n) is 9.64. The summed E-state index contributed by atoms with van der Waals surface area (Å²) < 4.78 is 0. The first-order chi connectivity index (χ1) is 6.20. The van der Waals surface area contributed by atoms with Crippen LogP contribution >= 0.6 is 0 Å². The molecule has 0 saturated carbocycles. The van der Waals surface area contributed by atoms with Crippen molar-refractivity contribution in [1.82, 2.24) is 0 Å². The molecule has 0 heterocycles. The molecule has 0 aromatic rings. The van der Waals surface area contributed by atoms with Crippen molar-refractivity contribution in [2.75, 3.05) is 0 Å². The summed E-state index contributed by atoms with van der Waals surface area (Å²) in [5, 5.41) is 0. The fraction of sp³-hybridized carbons (Fsp3) is 0.538. The topological polar surface area (TPSA) is 0 Å². The molecule has 0 spiro atoms. The fourth-order valence-corrected chi connectivity index (χ4v) is 0.860. The molecule has 0 bridgehead atoms. The Morgan fingerprint density at radius 2 is 1.77 bits per heavy atom.